The Labute approximate surface area is 189 Å². The van der Waals surface area contributed by atoms with Crippen LogP contribution in [0.15, 0.2) is 60.7 Å². The number of rotatable bonds is 8. The molecule has 0 radical (unpaired) electrons. The Bertz CT molecular complexity index is 1170. The maximum absolute atomic E-state index is 14.8. The number of carbonyl (C=O) groups is 2. The summed E-state index contributed by atoms with van der Waals surface area (Å²) in [5, 5.41) is 9.61. The number of para-hydroxylation sites is 1. The van der Waals surface area contributed by atoms with Gasteiger partial charge in [0.1, 0.15) is 17.5 Å². The molecule has 0 saturated carbocycles. The molecular formula is C25H22F3NO4. The van der Waals surface area contributed by atoms with Gasteiger partial charge in [-0.05, 0) is 43.2 Å². The van der Waals surface area contributed by atoms with E-state index in [1.165, 1.54) is 6.92 Å². The number of nitrogens with zero attached hydrogens (tertiary/aromatic N) is 1. The van der Waals surface area contributed by atoms with Crippen molar-refractivity contribution in [3.05, 3.63) is 89.2 Å². The minimum atomic E-state index is -1.47. The van der Waals surface area contributed by atoms with Crippen molar-refractivity contribution in [1.82, 2.24) is 0 Å². The summed E-state index contributed by atoms with van der Waals surface area (Å²) in [4.78, 5) is 25.7. The zero-order valence-electron chi connectivity index (χ0n) is 18.0. The van der Waals surface area contributed by atoms with Crippen LogP contribution in [0.4, 0.5) is 18.9 Å². The van der Waals surface area contributed by atoms with Crippen LogP contribution in [0.25, 0.3) is 0 Å². The monoisotopic (exact) mass is 457 g/mol. The standard InChI is InChI=1S/C25H22F3NO4/c1-3-20(25(31)32)29(21-14-19(26)23(27)15(2)24(21)28)22(30)13-16-8-7-11-18(12-16)33-17-9-5-4-6-10-17/h4-12,14,20H,3,13H2,1-2H3,(H,31,32). The van der Waals surface area contributed by atoms with Crippen LogP contribution in [0.2, 0.25) is 0 Å². The van der Waals surface area contributed by atoms with Crippen molar-refractivity contribution < 1.29 is 32.6 Å². The number of amides is 1. The van der Waals surface area contributed by atoms with Crippen LogP contribution in [-0.4, -0.2) is 23.0 Å². The molecule has 3 aromatic rings. The van der Waals surface area contributed by atoms with Gasteiger partial charge in [0.2, 0.25) is 5.91 Å². The average Bonchev–Trinajstić information content (AvgIpc) is 2.79. The van der Waals surface area contributed by atoms with Gasteiger partial charge in [0, 0.05) is 11.6 Å². The number of ether oxygens (including phenoxy) is 1. The normalized spacial score (nSPS) is 11.7. The zero-order valence-corrected chi connectivity index (χ0v) is 18.0. The number of anilines is 1. The molecule has 0 bridgehead atoms. The maximum Gasteiger partial charge on any atom is 0.326 e. The summed E-state index contributed by atoms with van der Waals surface area (Å²) in [6, 6.07) is 14.5. The van der Waals surface area contributed by atoms with Crippen molar-refractivity contribution in [3.63, 3.8) is 0 Å². The Morgan fingerprint density at radius 3 is 2.27 bits per heavy atom. The third-order valence-corrected chi connectivity index (χ3v) is 5.10. The number of aliphatic carboxylic acids is 1. The molecule has 1 atom stereocenters. The second kappa shape index (κ2) is 10.2. The predicted octanol–water partition coefficient (Wildman–Crippen LogP) is 5.64. The Morgan fingerprint density at radius 1 is 0.970 bits per heavy atom. The number of carboxylic acid groups (broad SMARTS) is 1. The van der Waals surface area contributed by atoms with E-state index < -0.39 is 46.6 Å². The summed E-state index contributed by atoms with van der Waals surface area (Å²) < 4.78 is 48.4. The van der Waals surface area contributed by atoms with E-state index in [4.69, 9.17) is 4.74 Å². The second-order valence-corrected chi connectivity index (χ2v) is 7.40. The molecule has 1 amide bonds. The zero-order chi connectivity index (χ0) is 24.1. The average molecular weight is 457 g/mol. The number of halogens is 3. The van der Waals surface area contributed by atoms with E-state index in [0.29, 0.717) is 28.0 Å². The SMILES string of the molecule is CCC(C(=O)O)N(C(=O)Cc1cccc(Oc2ccccc2)c1)c1cc(F)c(F)c(C)c1F. The van der Waals surface area contributed by atoms with E-state index in [9.17, 15) is 27.9 Å². The number of hydrogen-bond donors (Lipinski definition) is 1. The maximum atomic E-state index is 14.8. The summed E-state index contributed by atoms with van der Waals surface area (Å²) in [7, 11) is 0. The Morgan fingerprint density at radius 2 is 1.64 bits per heavy atom. The fourth-order valence-electron chi connectivity index (χ4n) is 3.44. The Kier molecular flexibility index (Phi) is 7.37. The molecule has 3 rings (SSSR count). The first-order chi connectivity index (χ1) is 15.7. The summed E-state index contributed by atoms with van der Waals surface area (Å²) in [5.41, 5.74) is -0.790. The van der Waals surface area contributed by atoms with Gasteiger partial charge in [-0.15, -0.1) is 0 Å². The van der Waals surface area contributed by atoms with Crippen LogP contribution in [0.5, 0.6) is 11.5 Å². The smallest absolute Gasteiger partial charge is 0.326 e. The molecule has 3 aromatic carbocycles. The van der Waals surface area contributed by atoms with Gasteiger partial charge in [0.25, 0.3) is 0 Å². The second-order valence-electron chi connectivity index (χ2n) is 7.40. The highest BCUT2D eigenvalue weighted by molar-refractivity contribution is 6.00. The molecule has 0 spiro atoms. The molecule has 33 heavy (non-hydrogen) atoms. The lowest BCUT2D eigenvalue weighted by atomic mass is 10.1. The lowest BCUT2D eigenvalue weighted by Crippen LogP contribution is -2.46. The highest BCUT2D eigenvalue weighted by Gasteiger charge is 2.33. The van der Waals surface area contributed by atoms with Gasteiger partial charge in [0.15, 0.2) is 17.5 Å². The topological polar surface area (TPSA) is 66.8 Å². The minimum absolute atomic E-state index is 0.0737. The van der Waals surface area contributed by atoms with Crippen molar-refractivity contribution in [3.8, 4) is 11.5 Å². The van der Waals surface area contributed by atoms with Crippen molar-refractivity contribution in [2.24, 2.45) is 0 Å². The van der Waals surface area contributed by atoms with E-state index >= 15 is 0 Å². The third kappa shape index (κ3) is 5.34. The highest BCUT2D eigenvalue weighted by Crippen LogP contribution is 2.30. The van der Waals surface area contributed by atoms with Crippen molar-refractivity contribution in [2.45, 2.75) is 32.7 Å². The number of carboxylic acids is 1. The van der Waals surface area contributed by atoms with Crippen LogP contribution >= 0.6 is 0 Å². The molecule has 1 N–H and O–H groups in total. The summed E-state index contributed by atoms with van der Waals surface area (Å²) in [5.74, 6) is -5.11. The van der Waals surface area contributed by atoms with Crippen LogP contribution in [-0.2, 0) is 16.0 Å². The summed E-state index contributed by atoms with van der Waals surface area (Å²) in [6.07, 6.45) is -0.386. The first-order valence-corrected chi connectivity index (χ1v) is 10.2. The summed E-state index contributed by atoms with van der Waals surface area (Å²) in [6.45, 7) is 2.52. The molecule has 172 valence electrons. The van der Waals surface area contributed by atoms with Gasteiger partial charge >= 0.3 is 5.97 Å². The molecule has 0 aliphatic heterocycles. The van der Waals surface area contributed by atoms with Gasteiger partial charge in [-0.2, -0.15) is 0 Å². The largest absolute Gasteiger partial charge is 0.480 e. The Hall–Kier alpha value is -3.81. The van der Waals surface area contributed by atoms with E-state index in [1.807, 2.05) is 6.07 Å². The molecule has 0 saturated heterocycles. The molecule has 1 unspecified atom stereocenters. The molecule has 8 heteroatoms. The van der Waals surface area contributed by atoms with E-state index in [-0.39, 0.29) is 12.8 Å². The van der Waals surface area contributed by atoms with Crippen LogP contribution in [0, 0.1) is 24.4 Å². The van der Waals surface area contributed by atoms with E-state index in [1.54, 1.807) is 48.5 Å². The van der Waals surface area contributed by atoms with Crippen LogP contribution < -0.4 is 9.64 Å². The minimum Gasteiger partial charge on any atom is -0.480 e. The van der Waals surface area contributed by atoms with Crippen molar-refractivity contribution in [2.75, 3.05) is 4.90 Å². The quantitative estimate of drug-likeness (QED) is 0.445. The first-order valence-electron chi connectivity index (χ1n) is 10.2. The lowest BCUT2D eigenvalue weighted by Gasteiger charge is -2.29. The molecule has 0 aliphatic carbocycles. The molecule has 5 nitrogen and oxygen atoms in total. The predicted molar refractivity (Wildman–Crippen MR) is 117 cm³/mol. The number of carbonyl (C=O) groups excluding carboxylic acids is 1. The van der Waals surface area contributed by atoms with E-state index in [2.05, 4.69) is 0 Å². The third-order valence-electron chi connectivity index (χ3n) is 5.10. The van der Waals surface area contributed by atoms with Gasteiger partial charge in [-0.25, -0.2) is 18.0 Å². The molecule has 0 aliphatic rings. The molecule has 0 heterocycles. The fraction of sp³-hybridized carbons (Fsp3) is 0.200. The van der Waals surface area contributed by atoms with Crippen LogP contribution in [0.1, 0.15) is 24.5 Å². The molecular weight excluding hydrogens is 435 g/mol. The highest BCUT2D eigenvalue weighted by atomic mass is 19.2. The fourth-order valence-corrected chi connectivity index (χ4v) is 3.44. The van der Waals surface area contributed by atoms with Gasteiger partial charge in [-0.3, -0.25) is 9.69 Å². The van der Waals surface area contributed by atoms with E-state index in [0.717, 1.165) is 6.92 Å². The van der Waals surface area contributed by atoms with Crippen LogP contribution in [0.3, 0.4) is 0 Å². The van der Waals surface area contributed by atoms with Gasteiger partial charge in [-0.1, -0.05) is 37.3 Å². The van der Waals surface area contributed by atoms with Crippen molar-refractivity contribution >= 4 is 17.6 Å². The Balaban J connectivity index is 1.95. The summed E-state index contributed by atoms with van der Waals surface area (Å²) >= 11 is 0. The van der Waals surface area contributed by atoms with Gasteiger partial charge in [0.05, 0.1) is 12.1 Å². The number of benzene rings is 3. The first kappa shape index (κ1) is 23.8. The molecule has 0 aromatic heterocycles. The number of hydrogen-bond acceptors (Lipinski definition) is 3. The lowest BCUT2D eigenvalue weighted by molar-refractivity contribution is -0.140. The van der Waals surface area contributed by atoms with Crippen molar-refractivity contribution in [1.29, 1.82) is 0 Å². The van der Waals surface area contributed by atoms with Gasteiger partial charge < -0.3 is 9.84 Å². The molecule has 0 fully saturated rings.